The van der Waals surface area contributed by atoms with Crippen molar-refractivity contribution in [3.63, 3.8) is 0 Å². The van der Waals surface area contributed by atoms with Gasteiger partial charge in [0.05, 0.1) is 13.2 Å². The van der Waals surface area contributed by atoms with Gasteiger partial charge in [-0.25, -0.2) is 4.57 Å². The van der Waals surface area contributed by atoms with E-state index in [1.54, 1.807) is 0 Å². The van der Waals surface area contributed by atoms with Crippen molar-refractivity contribution in [3.05, 3.63) is 36.5 Å². The van der Waals surface area contributed by atoms with Crippen LogP contribution >= 0.6 is 7.82 Å². The zero-order valence-corrected chi connectivity index (χ0v) is 40.5. The molecule has 0 fully saturated rings. The number of ether oxygens (including phenoxy) is 2. The summed E-state index contributed by atoms with van der Waals surface area (Å²) in [6, 6.07) is 0. The molecule has 0 aromatic rings. The highest BCUT2D eigenvalue weighted by Gasteiger charge is 2.26. The van der Waals surface area contributed by atoms with Gasteiger partial charge in [-0.1, -0.05) is 204 Å². The first-order valence-corrected chi connectivity index (χ1v) is 27.0. The molecule has 358 valence electrons. The topological polar surface area (TPSA) is 134 Å². The fourth-order valence-corrected chi connectivity index (χ4v) is 7.96. The lowest BCUT2D eigenvalue weighted by Crippen LogP contribution is -2.29. The maximum Gasteiger partial charge on any atom is 0.472 e. The summed E-state index contributed by atoms with van der Waals surface area (Å²) in [5, 5.41) is 0. The fraction of sp³-hybridized carbons (Fsp3) is 0.843. The Kier molecular flexibility index (Phi) is 46.3. The zero-order chi connectivity index (χ0) is 44.6. The first kappa shape index (κ1) is 59.2. The van der Waals surface area contributed by atoms with E-state index in [2.05, 4.69) is 50.3 Å². The zero-order valence-electron chi connectivity index (χ0n) is 39.7. The van der Waals surface area contributed by atoms with Gasteiger partial charge in [0.1, 0.15) is 6.61 Å². The molecule has 0 rings (SSSR count). The molecule has 0 saturated carbocycles. The number of nitrogens with two attached hydrogens (primary N) is 1. The van der Waals surface area contributed by atoms with E-state index in [9.17, 15) is 19.0 Å². The van der Waals surface area contributed by atoms with Gasteiger partial charge in [0.2, 0.25) is 0 Å². The van der Waals surface area contributed by atoms with E-state index in [-0.39, 0.29) is 38.6 Å². The predicted molar refractivity (Wildman–Crippen MR) is 257 cm³/mol. The van der Waals surface area contributed by atoms with E-state index in [0.717, 1.165) is 64.2 Å². The molecule has 2 atom stereocenters. The van der Waals surface area contributed by atoms with E-state index >= 15 is 0 Å². The van der Waals surface area contributed by atoms with Crippen LogP contribution in [0, 0.1) is 0 Å². The molecule has 10 heteroatoms. The van der Waals surface area contributed by atoms with Crippen molar-refractivity contribution < 1.29 is 37.6 Å². The number of esters is 2. The van der Waals surface area contributed by atoms with Crippen molar-refractivity contribution in [2.24, 2.45) is 5.73 Å². The lowest BCUT2D eigenvalue weighted by Gasteiger charge is -2.19. The van der Waals surface area contributed by atoms with Gasteiger partial charge in [-0.15, -0.1) is 0 Å². The number of allylic oxidation sites excluding steroid dienone is 6. The Morgan fingerprint density at radius 1 is 0.492 bits per heavy atom. The number of hydrogen-bond donors (Lipinski definition) is 2. The Hall–Kier alpha value is -1.77. The Bertz CT molecular complexity index is 1100. The fourth-order valence-electron chi connectivity index (χ4n) is 7.20. The minimum Gasteiger partial charge on any atom is -0.462 e. The molecule has 0 amide bonds. The summed E-state index contributed by atoms with van der Waals surface area (Å²) in [5.41, 5.74) is 5.36. The molecule has 61 heavy (non-hydrogen) atoms. The van der Waals surface area contributed by atoms with Crippen LogP contribution in [0.5, 0.6) is 0 Å². The van der Waals surface area contributed by atoms with E-state index < -0.39 is 26.5 Å². The maximum atomic E-state index is 12.6. The van der Waals surface area contributed by atoms with Crippen LogP contribution in [0.15, 0.2) is 36.5 Å². The van der Waals surface area contributed by atoms with E-state index in [4.69, 9.17) is 24.3 Å². The highest BCUT2D eigenvalue weighted by atomic mass is 31.2. The molecular formula is C51H96NO8P. The van der Waals surface area contributed by atoms with E-state index in [0.29, 0.717) is 6.42 Å². The summed E-state index contributed by atoms with van der Waals surface area (Å²) in [7, 11) is -4.38. The Morgan fingerprint density at radius 2 is 0.885 bits per heavy atom. The third-order valence-electron chi connectivity index (χ3n) is 11.0. The molecule has 0 heterocycles. The molecular weight excluding hydrogens is 786 g/mol. The summed E-state index contributed by atoms with van der Waals surface area (Å²) in [6.07, 6.45) is 54.9. The summed E-state index contributed by atoms with van der Waals surface area (Å²) in [6.45, 7) is 3.68. The SMILES string of the molecule is CCC/C=C\C/C=C\CCCCCCCC(=O)OC(COC(=O)CCCCCCCCCCCCCCCCC/C=C\CCCCCCCCCC)COP(=O)(O)OCCN. The maximum absolute atomic E-state index is 12.6. The first-order valence-electron chi connectivity index (χ1n) is 25.5. The van der Waals surface area contributed by atoms with Crippen molar-refractivity contribution >= 4 is 19.8 Å². The van der Waals surface area contributed by atoms with Gasteiger partial charge in [0.25, 0.3) is 0 Å². The molecule has 9 nitrogen and oxygen atoms in total. The van der Waals surface area contributed by atoms with Gasteiger partial charge < -0.3 is 20.1 Å². The van der Waals surface area contributed by atoms with Crippen molar-refractivity contribution in [1.29, 1.82) is 0 Å². The van der Waals surface area contributed by atoms with Crippen LogP contribution in [-0.2, 0) is 32.7 Å². The highest BCUT2D eigenvalue weighted by Crippen LogP contribution is 2.43. The van der Waals surface area contributed by atoms with Crippen molar-refractivity contribution in [2.75, 3.05) is 26.4 Å². The first-order chi connectivity index (χ1) is 29.8. The molecule has 2 unspecified atom stereocenters. The van der Waals surface area contributed by atoms with Gasteiger partial charge in [-0.05, 0) is 64.2 Å². The lowest BCUT2D eigenvalue weighted by atomic mass is 10.0. The van der Waals surface area contributed by atoms with Crippen molar-refractivity contribution in [1.82, 2.24) is 0 Å². The quantitative estimate of drug-likeness (QED) is 0.0265. The molecule has 0 aromatic carbocycles. The molecule has 0 saturated heterocycles. The van der Waals surface area contributed by atoms with E-state index in [1.165, 1.54) is 148 Å². The second-order valence-electron chi connectivity index (χ2n) is 17.0. The van der Waals surface area contributed by atoms with Crippen LogP contribution in [0.2, 0.25) is 0 Å². The molecule has 0 bridgehead atoms. The average molecular weight is 882 g/mol. The number of phosphoric acid groups is 1. The van der Waals surface area contributed by atoms with Gasteiger partial charge in [-0.3, -0.25) is 18.6 Å². The summed E-state index contributed by atoms with van der Waals surface area (Å²) in [5.74, 6) is -0.838. The molecule has 0 aliphatic rings. The monoisotopic (exact) mass is 882 g/mol. The summed E-state index contributed by atoms with van der Waals surface area (Å²) in [4.78, 5) is 35.0. The number of unbranched alkanes of at least 4 members (excludes halogenated alkanes) is 29. The number of rotatable bonds is 48. The third kappa shape index (κ3) is 47.5. The predicted octanol–water partition coefficient (Wildman–Crippen LogP) is 15.3. The van der Waals surface area contributed by atoms with Crippen LogP contribution in [0.4, 0.5) is 0 Å². The number of carbonyl (C=O) groups is 2. The van der Waals surface area contributed by atoms with Crippen LogP contribution in [0.1, 0.15) is 245 Å². The van der Waals surface area contributed by atoms with Crippen molar-refractivity contribution in [2.45, 2.75) is 251 Å². The minimum absolute atomic E-state index is 0.0514. The molecule has 3 N–H and O–H groups in total. The van der Waals surface area contributed by atoms with Crippen LogP contribution in [0.3, 0.4) is 0 Å². The number of phosphoric ester groups is 1. The summed E-state index contributed by atoms with van der Waals surface area (Å²) < 4.78 is 32.8. The van der Waals surface area contributed by atoms with Gasteiger partial charge in [0.15, 0.2) is 6.10 Å². The number of hydrogen-bond acceptors (Lipinski definition) is 8. The third-order valence-corrected chi connectivity index (χ3v) is 12.0. The van der Waals surface area contributed by atoms with E-state index in [1.807, 2.05) is 0 Å². The Balaban J connectivity index is 3.93. The standard InChI is InChI=1S/C51H96NO8P/c1-3-5-7-9-11-13-15-17-18-19-20-21-22-23-24-25-26-27-28-29-30-32-33-35-37-39-41-43-50(53)57-47-49(48-59-61(55,56)58-46-45-52)60-51(54)44-42-40-38-36-34-31-16-14-12-10-8-6-4-2/h8,10,14,16,19-20,49H,3-7,9,11-13,15,17-18,21-48,52H2,1-2H3,(H,55,56)/b10-8-,16-14-,20-19-. The van der Waals surface area contributed by atoms with Crippen molar-refractivity contribution in [3.8, 4) is 0 Å². The van der Waals surface area contributed by atoms with Crippen LogP contribution in [-0.4, -0.2) is 49.3 Å². The van der Waals surface area contributed by atoms with Gasteiger partial charge in [0, 0.05) is 19.4 Å². The van der Waals surface area contributed by atoms with Gasteiger partial charge in [-0.2, -0.15) is 0 Å². The second kappa shape index (κ2) is 47.7. The van der Waals surface area contributed by atoms with Gasteiger partial charge >= 0.3 is 19.8 Å². The van der Waals surface area contributed by atoms with Crippen LogP contribution in [0.25, 0.3) is 0 Å². The molecule has 0 radical (unpaired) electrons. The number of carbonyl (C=O) groups excluding carboxylic acids is 2. The Morgan fingerprint density at radius 3 is 1.33 bits per heavy atom. The largest absolute Gasteiger partial charge is 0.472 e. The highest BCUT2D eigenvalue weighted by molar-refractivity contribution is 7.47. The molecule has 0 spiro atoms. The van der Waals surface area contributed by atoms with Crippen LogP contribution < -0.4 is 5.73 Å². The minimum atomic E-state index is -4.38. The average Bonchev–Trinajstić information content (AvgIpc) is 3.25. The second-order valence-corrected chi connectivity index (χ2v) is 18.5. The normalized spacial score (nSPS) is 13.4. The smallest absolute Gasteiger partial charge is 0.462 e. The lowest BCUT2D eigenvalue weighted by molar-refractivity contribution is -0.161. The molecule has 0 aromatic heterocycles. The summed E-state index contributed by atoms with van der Waals surface area (Å²) >= 11 is 0. The molecule has 0 aliphatic heterocycles. The Labute approximate surface area is 375 Å². The molecule has 0 aliphatic carbocycles.